The Morgan fingerprint density at radius 1 is 1.52 bits per heavy atom. The van der Waals surface area contributed by atoms with Crippen molar-refractivity contribution < 1.29 is 14.7 Å². The summed E-state index contributed by atoms with van der Waals surface area (Å²) in [5, 5.41) is 13.0. The topological polar surface area (TPSA) is 82.5 Å². The van der Waals surface area contributed by atoms with Gasteiger partial charge in [-0.1, -0.05) is 13.3 Å². The first-order chi connectivity index (χ1) is 9.93. The van der Waals surface area contributed by atoms with Gasteiger partial charge in [-0.05, 0) is 44.3 Å². The first kappa shape index (κ1) is 15.9. The molecule has 7 heteroatoms. The third kappa shape index (κ3) is 2.80. The smallest absolute Gasteiger partial charge is 0.340 e. The van der Waals surface area contributed by atoms with Gasteiger partial charge >= 0.3 is 5.97 Å². The highest BCUT2D eigenvalue weighted by Gasteiger charge is 2.43. The molecule has 6 nitrogen and oxygen atoms in total. The number of aryl methyl sites for hydroxylation is 1. The van der Waals surface area contributed by atoms with E-state index in [2.05, 4.69) is 16.6 Å². The molecule has 1 saturated heterocycles. The van der Waals surface area contributed by atoms with Crippen molar-refractivity contribution in [3.63, 3.8) is 0 Å². The molecule has 0 radical (unpaired) electrons. The summed E-state index contributed by atoms with van der Waals surface area (Å²) in [6, 6.07) is 0. The molecule has 21 heavy (non-hydrogen) atoms. The number of carbonyl (C=O) groups excluding carboxylic acids is 1. The Morgan fingerprint density at radius 3 is 2.76 bits per heavy atom. The predicted molar refractivity (Wildman–Crippen MR) is 82.1 cm³/mol. The zero-order valence-electron chi connectivity index (χ0n) is 12.6. The first-order valence-corrected chi connectivity index (χ1v) is 7.93. The third-order valence-corrected chi connectivity index (χ3v) is 5.01. The van der Waals surface area contributed by atoms with E-state index in [1.54, 1.807) is 14.0 Å². The molecule has 1 atom stereocenters. The van der Waals surface area contributed by atoms with Gasteiger partial charge in [0.1, 0.15) is 10.6 Å². The fourth-order valence-electron chi connectivity index (χ4n) is 2.98. The van der Waals surface area contributed by atoms with Crippen LogP contribution in [0.1, 0.15) is 48.7 Å². The minimum absolute atomic E-state index is 0.0620. The van der Waals surface area contributed by atoms with Crippen molar-refractivity contribution in [1.29, 1.82) is 0 Å². The molecule has 0 bridgehead atoms. The van der Waals surface area contributed by atoms with E-state index in [4.69, 9.17) is 0 Å². The molecule has 2 heterocycles. The van der Waals surface area contributed by atoms with Crippen molar-refractivity contribution in [3.05, 3.63) is 11.3 Å². The van der Waals surface area contributed by atoms with Gasteiger partial charge in [-0.25, -0.2) is 4.79 Å². The van der Waals surface area contributed by atoms with Crippen LogP contribution in [0, 0.1) is 6.92 Å². The summed E-state index contributed by atoms with van der Waals surface area (Å²) in [7, 11) is 1.64. The van der Waals surface area contributed by atoms with Crippen LogP contribution in [0.15, 0.2) is 0 Å². The lowest BCUT2D eigenvalue weighted by molar-refractivity contribution is -0.124. The van der Waals surface area contributed by atoms with Crippen molar-refractivity contribution in [2.24, 2.45) is 0 Å². The summed E-state index contributed by atoms with van der Waals surface area (Å²) >= 11 is 1.06. The molecule has 1 unspecified atom stereocenters. The summed E-state index contributed by atoms with van der Waals surface area (Å²) in [6.07, 6.45) is 3.42. The highest BCUT2D eigenvalue weighted by atomic mass is 32.1. The highest BCUT2D eigenvalue weighted by molar-refractivity contribution is 7.11. The van der Waals surface area contributed by atoms with Crippen molar-refractivity contribution in [3.8, 4) is 0 Å². The molecule has 116 valence electrons. The van der Waals surface area contributed by atoms with E-state index in [9.17, 15) is 14.7 Å². The largest absolute Gasteiger partial charge is 0.478 e. The number of aromatic nitrogens is 1. The van der Waals surface area contributed by atoms with Crippen LogP contribution in [0.3, 0.4) is 0 Å². The van der Waals surface area contributed by atoms with E-state index < -0.39 is 11.5 Å². The number of carboxylic acids is 1. The Bertz CT molecular complexity index is 550. The van der Waals surface area contributed by atoms with Gasteiger partial charge in [0.05, 0.1) is 11.2 Å². The van der Waals surface area contributed by atoms with Crippen LogP contribution < -0.4 is 10.2 Å². The Morgan fingerprint density at radius 2 is 2.24 bits per heavy atom. The number of nitrogens with zero attached hydrogens (tertiary/aromatic N) is 2. The van der Waals surface area contributed by atoms with Crippen LogP contribution in [0.5, 0.6) is 0 Å². The molecule has 0 aliphatic carbocycles. The van der Waals surface area contributed by atoms with Crippen molar-refractivity contribution in [2.75, 3.05) is 18.5 Å². The number of carbonyl (C=O) groups is 2. The lowest BCUT2D eigenvalue weighted by Crippen LogP contribution is -2.54. The maximum absolute atomic E-state index is 12.9. The standard InChI is InChI=1S/C14H21N3O3S/c1-4-6-14(7-5-8-15-14)13(20)17(3)11-10(12(18)19)9(2)16-21-11/h15H,4-8H2,1-3H3,(H,18,19). The normalized spacial score (nSPS) is 21.5. The van der Waals surface area contributed by atoms with Gasteiger partial charge in [0.25, 0.3) is 0 Å². The monoisotopic (exact) mass is 311 g/mol. The second-order valence-corrected chi connectivity index (χ2v) is 6.23. The quantitative estimate of drug-likeness (QED) is 0.869. The number of carboxylic acid groups (broad SMARTS) is 1. The lowest BCUT2D eigenvalue weighted by Gasteiger charge is -2.32. The van der Waals surface area contributed by atoms with E-state index >= 15 is 0 Å². The molecule has 1 aliphatic heterocycles. The number of anilines is 1. The van der Waals surface area contributed by atoms with Crippen molar-refractivity contribution in [1.82, 2.24) is 9.69 Å². The number of aromatic carboxylic acids is 1. The Balaban J connectivity index is 2.33. The molecule has 1 aliphatic rings. The van der Waals surface area contributed by atoms with Crippen molar-refractivity contribution >= 4 is 28.4 Å². The minimum Gasteiger partial charge on any atom is -0.478 e. The summed E-state index contributed by atoms with van der Waals surface area (Å²) in [5.74, 6) is -1.10. The fourth-order valence-corrected chi connectivity index (χ4v) is 3.83. The van der Waals surface area contributed by atoms with Gasteiger partial charge in [0.2, 0.25) is 5.91 Å². The number of hydrogen-bond acceptors (Lipinski definition) is 5. The zero-order chi connectivity index (χ0) is 15.6. The van der Waals surface area contributed by atoms with E-state index in [1.165, 1.54) is 4.90 Å². The Kier molecular flexibility index (Phi) is 4.63. The summed E-state index contributed by atoms with van der Waals surface area (Å²) in [4.78, 5) is 25.7. The summed E-state index contributed by atoms with van der Waals surface area (Å²) in [5.41, 5.74) is 0.0172. The van der Waals surface area contributed by atoms with E-state index in [0.717, 1.165) is 43.8 Å². The van der Waals surface area contributed by atoms with Crippen LogP contribution >= 0.6 is 11.5 Å². The molecule has 1 fully saturated rings. The predicted octanol–water partition coefficient (Wildman–Crippen LogP) is 2.03. The number of amides is 1. The summed E-state index contributed by atoms with van der Waals surface area (Å²) in [6.45, 7) is 4.53. The molecule has 2 N–H and O–H groups in total. The maximum atomic E-state index is 12.9. The van der Waals surface area contributed by atoms with Crippen LogP contribution in [0.4, 0.5) is 5.00 Å². The van der Waals surface area contributed by atoms with Gasteiger partial charge in [-0.15, -0.1) is 0 Å². The van der Waals surface area contributed by atoms with Gasteiger partial charge in [-0.3, -0.25) is 4.79 Å². The molecule has 0 saturated carbocycles. The van der Waals surface area contributed by atoms with Crippen LogP contribution in [0.25, 0.3) is 0 Å². The number of likely N-dealkylation sites (N-methyl/N-ethyl adjacent to an activating group) is 1. The maximum Gasteiger partial charge on any atom is 0.340 e. The lowest BCUT2D eigenvalue weighted by atomic mass is 9.90. The minimum atomic E-state index is -1.04. The number of hydrogen-bond donors (Lipinski definition) is 2. The van der Waals surface area contributed by atoms with E-state index in [1.807, 2.05) is 0 Å². The molecule has 0 aromatic carbocycles. The van der Waals surface area contributed by atoms with Gasteiger partial charge < -0.3 is 15.3 Å². The van der Waals surface area contributed by atoms with E-state index in [-0.39, 0.29) is 11.5 Å². The molecule has 2 rings (SSSR count). The Labute approximate surface area is 128 Å². The molecule has 1 aromatic rings. The average Bonchev–Trinajstić information content (AvgIpc) is 3.05. The van der Waals surface area contributed by atoms with Crippen LogP contribution in [0.2, 0.25) is 0 Å². The van der Waals surface area contributed by atoms with E-state index in [0.29, 0.717) is 10.7 Å². The number of rotatable bonds is 5. The zero-order valence-corrected chi connectivity index (χ0v) is 13.4. The fraction of sp³-hybridized carbons (Fsp3) is 0.643. The highest BCUT2D eigenvalue weighted by Crippen LogP contribution is 2.33. The van der Waals surface area contributed by atoms with Gasteiger partial charge in [-0.2, -0.15) is 4.37 Å². The van der Waals surface area contributed by atoms with Crippen molar-refractivity contribution in [2.45, 2.75) is 45.1 Å². The molecule has 1 aromatic heterocycles. The van der Waals surface area contributed by atoms with Gasteiger partial charge in [0, 0.05) is 7.05 Å². The average molecular weight is 311 g/mol. The number of nitrogens with one attached hydrogen (secondary N) is 1. The molecular formula is C14H21N3O3S. The molecular weight excluding hydrogens is 290 g/mol. The SMILES string of the molecule is CCCC1(C(=O)N(C)c2snc(C)c2C(=O)O)CCCN1. The van der Waals surface area contributed by atoms with Crippen LogP contribution in [-0.4, -0.2) is 40.5 Å². The molecule has 0 spiro atoms. The third-order valence-electron chi connectivity index (χ3n) is 4.00. The second kappa shape index (κ2) is 6.11. The summed E-state index contributed by atoms with van der Waals surface area (Å²) < 4.78 is 4.08. The Hall–Kier alpha value is -1.47. The molecule has 1 amide bonds. The van der Waals surface area contributed by atoms with Crippen LogP contribution in [-0.2, 0) is 4.79 Å². The first-order valence-electron chi connectivity index (χ1n) is 7.15. The van der Waals surface area contributed by atoms with Gasteiger partial charge in [0.15, 0.2) is 0 Å². The second-order valence-electron chi connectivity index (χ2n) is 5.48.